The molecule has 1 fully saturated rings. The molecule has 2 aliphatic rings. The Morgan fingerprint density at radius 2 is 1.84 bits per heavy atom. The molecule has 19 heavy (non-hydrogen) atoms. The van der Waals surface area contributed by atoms with E-state index in [2.05, 4.69) is 36.2 Å². The van der Waals surface area contributed by atoms with Crippen LogP contribution in [0.2, 0.25) is 0 Å². The van der Waals surface area contributed by atoms with Gasteiger partial charge in [0.05, 0.1) is 6.10 Å². The summed E-state index contributed by atoms with van der Waals surface area (Å²) in [6.45, 7) is 0. The molecule has 0 heterocycles. The zero-order chi connectivity index (χ0) is 13.4. The molecular formula is C16H24N2O. The second-order valence-electron chi connectivity index (χ2n) is 6.07. The van der Waals surface area contributed by atoms with Gasteiger partial charge in [0.2, 0.25) is 0 Å². The van der Waals surface area contributed by atoms with Gasteiger partial charge in [-0.1, -0.05) is 37.1 Å². The van der Waals surface area contributed by atoms with Gasteiger partial charge in [0.25, 0.3) is 0 Å². The third kappa shape index (κ3) is 2.31. The van der Waals surface area contributed by atoms with Crippen molar-refractivity contribution >= 4 is 0 Å². The molecule has 0 bridgehead atoms. The lowest BCUT2D eigenvalue weighted by atomic mass is 9.90. The number of nitrogens with two attached hydrogens (primary N) is 1. The van der Waals surface area contributed by atoms with Gasteiger partial charge in [0.15, 0.2) is 0 Å². The molecule has 0 saturated heterocycles. The zero-order valence-corrected chi connectivity index (χ0v) is 11.6. The molecule has 3 heteroatoms. The van der Waals surface area contributed by atoms with E-state index < -0.39 is 0 Å². The monoisotopic (exact) mass is 260 g/mol. The van der Waals surface area contributed by atoms with Gasteiger partial charge < -0.3 is 10.8 Å². The normalized spacial score (nSPS) is 34.5. The Hall–Kier alpha value is -0.900. The van der Waals surface area contributed by atoms with Crippen LogP contribution in [0.5, 0.6) is 0 Å². The molecular weight excluding hydrogens is 236 g/mol. The summed E-state index contributed by atoms with van der Waals surface area (Å²) in [5.41, 5.74) is 8.89. The maximum atomic E-state index is 10.2. The molecule has 0 radical (unpaired) electrons. The average molecular weight is 260 g/mol. The topological polar surface area (TPSA) is 49.5 Å². The van der Waals surface area contributed by atoms with Crippen LogP contribution in [0.3, 0.4) is 0 Å². The van der Waals surface area contributed by atoms with Crippen molar-refractivity contribution in [2.45, 2.75) is 56.3 Å². The van der Waals surface area contributed by atoms with Gasteiger partial charge >= 0.3 is 0 Å². The van der Waals surface area contributed by atoms with Crippen LogP contribution in [0.25, 0.3) is 0 Å². The number of nitrogens with zero attached hydrogens (tertiary/aromatic N) is 1. The molecule has 0 aromatic heterocycles. The number of hydrogen-bond acceptors (Lipinski definition) is 3. The molecule has 3 nitrogen and oxygen atoms in total. The predicted octanol–water partition coefficient (Wildman–Crippen LogP) is 2.37. The zero-order valence-electron chi connectivity index (χ0n) is 11.6. The van der Waals surface area contributed by atoms with Crippen molar-refractivity contribution in [3.05, 3.63) is 35.4 Å². The van der Waals surface area contributed by atoms with Gasteiger partial charge in [0.1, 0.15) is 0 Å². The Labute approximate surface area is 115 Å². The number of rotatable bonds is 2. The van der Waals surface area contributed by atoms with Gasteiger partial charge in [0, 0.05) is 18.1 Å². The average Bonchev–Trinajstić information content (AvgIpc) is 2.77. The molecule has 4 atom stereocenters. The third-order valence-corrected chi connectivity index (χ3v) is 4.94. The summed E-state index contributed by atoms with van der Waals surface area (Å²) in [6, 6.07) is 9.29. The summed E-state index contributed by atoms with van der Waals surface area (Å²) in [6.07, 6.45) is 5.22. The van der Waals surface area contributed by atoms with Crippen molar-refractivity contribution in [3.63, 3.8) is 0 Å². The van der Waals surface area contributed by atoms with Crippen molar-refractivity contribution in [1.82, 2.24) is 4.90 Å². The highest BCUT2D eigenvalue weighted by Gasteiger charge is 2.36. The molecule has 2 aliphatic carbocycles. The molecule has 1 aromatic rings. The molecule has 3 N–H and O–H groups in total. The van der Waals surface area contributed by atoms with Crippen LogP contribution in [0, 0.1) is 0 Å². The third-order valence-electron chi connectivity index (χ3n) is 4.94. The van der Waals surface area contributed by atoms with Crippen molar-refractivity contribution in [2.24, 2.45) is 5.73 Å². The van der Waals surface area contributed by atoms with E-state index in [0.29, 0.717) is 6.04 Å². The highest BCUT2D eigenvalue weighted by atomic mass is 16.3. The van der Waals surface area contributed by atoms with Crippen LogP contribution in [0.4, 0.5) is 0 Å². The van der Waals surface area contributed by atoms with Crippen molar-refractivity contribution < 1.29 is 5.11 Å². The molecule has 0 spiro atoms. The standard InChI is InChI=1S/C16H24N2O/c1-18(14-8-4-5-9-16(14)19)15-10-13(17)11-6-2-3-7-12(11)15/h2-3,6-7,13-16,19H,4-5,8-10,17H2,1H3. The van der Waals surface area contributed by atoms with E-state index in [1.807, 2.05) is 0 Å². The first-order chi connectivity index (χ1) is 9.18. The van der Waals surface area contributed by atoms with Crippen LogP contribution < -0.4 is 5.73 Å². The van der Waals surface area contributed by atoms with Crippen molar-refractivity contribution in [3.8, 4) is 0 Å². The van der Waals surface area contributed by atoms with E-state index in [1.54, 1.807) is 0 Å². The fourth-order valence-electron chi connectivity index (χ4n) is 3.83. The largest absolute Gasteiger partial charge is 0.391 e. The van der Waals surface area contributed by atoms with E-state index in [0.717, 1.165) is 25.7 Å². The Balaban J connectivity index is 1.83. The van der Waals surface area contributed by atoms with Crippen molar-refractivity contribution in [1.29, 1.82) is 0 Å². The SMILES string of the molecule is CN(C1CC(N)c2ccccc21)C1CCCCC1O. The first kappa shape index (κ1) is 13.1. The highest BCUT2D eigenvalue weighted by molar-refractivity contribution is 5.37. The van der Waals surface area contributed by atoms with Crippen LogP contribution in [0.1, 0.15) is 55.3 Å². The van der Waals surface area contributed by atoms with Crippen LogP contribution in [0.15, 0.2) is 24.3 Å². The number of benzene rings is 1. The summed E-state index contributed by atoms with van der Waals surface area (Å²) in [5, 5.41) is 10.2. The maximum absolute atomic E-state index is 10.2. The van der Waals surface area contributed by atoms with Crippen LogP contribution >= 0.6 is 0 Å². The Kier molecular flexibility index (Phi) is 3.61. The minimum absolute atomic E-state index is 0.143. The van der Waals surface area contributed by atoms with Crippen LogP contribution in [-0.2, 0) is 0 Å². The van der Waals surface area contributed by atoms with Gasteiger partial charge in [-0.2, -0.15) is 0 Å². The second-order valence-corrected chi connectivity index (χ2v) is 6.07. The first-order valence-electron chi connectivity index (χ1n) is 7.43. The molecule has 3 rings (SSSR count). The van der Waals surface area contributed by atoms with E-state index in [9.17, 15) is 5.11 Å². The van der Waals surface area contributed by atoms with E-state index >= 15 is 0 Å². The highest BCUT2D eigenvalue weighted by Crippen LogP contribution is 2.42. The molecule has 4 unspecified atom stereocenters. The summed E-state index contributed by atoms with van der Waals surface area (Å²) in [4.78, 5) is 2.37. The van der Waals surface area contributed by atoms with Gasteiger partial charge in [-0.3, -0.25) is 4.90 Å². The summed E-state index contributed by atoms with van der Waals surface area (Å²) >= 11 is 0. The summed E-state index contributed by atoms with van der Waals surface area (Å²) in [5.74, 6) is 0. The number of fused-ring (bicyclic) bond motifs is 1. The number of aliphatic hydroxyl groups is 1. The van der Waals surface area contributed by atoms with E-state index in [-0.39, 0.29) is 18.2 Å². The lowest BCUT2D eigenvalue weighted by Gasteiger charge is -2.39. The van der Waals surface area contributed by atoms with E-state index in [4.69, 9.17) is 5.73 Å². The quantitative estimate of drug-likeness (QED) is 0.858. The lowest BCUT2D eigenvalue weighted by Crippen LogP contribution is -2.44. The number of hydrogen-bond donors (Lipinski definition) is 2. The Bertz CT molecular complexity index is 448. The fraction of sp³-hybridized carbons (Fsp3) is 0.625. The van der Waals surface area contributed by atoms with Crippen LogP contribution in [-0.4, -0.2) is 29.2 Å². The minimum Gasteiger partial charge on any atom is -0.391 e. The number of likely N-dealkylation sites (N-methyl/N-ethyl adjacent to an activating group) is 1. The Morgan fingerprint density at radius 3 is 2.58 bits per heavy atom. The van der Waals surface area contributed by atoms with Crippen molar-refractivity contribution in [2.75, 3.05) is 7.05 Å². The fourth-order valence-corrected chi connectivity index (χ4v) is 3.83. The second kappa shape index (κ2) is 5.23. The minimum atomic E-state index is -0.178. The molecule has 104 valence electrons. The molecule has 1 aromatic carbocycles. The summed E-state index contributed by atoms with van der Waals surface area (Å²) in [7, 11) is 2.15. The van der Waals surface area contributed by atoms with Gasteiger partial charge in [-0.05, 0) is 37.4 Å². The van der Waals surface area contributed by atoms with Gasteiger partial charge in [-0.15, -0.1) is 0 Å². The molecule has 0 amide bonds. The van der Waals surface area contributed by atoms with E-state index in [1.165, 1.54) is 17.5 Å². The number of aliphatic hydroxyl groups excluding tert-OH is 1. The molecule has 0 aliphatic heterocycles. The smallest absolute Gasteiger partial charge is 0.0695 e. The maximum Gasteiger partial charge on any atom is 0.0695 e. The Morgan fingerprint density at radius 1 is 1.16 bits per heavy atom. The predicted molar refractivity (Wildman–Crippen MR) is 76.8 cm³/mol. The first-order valence-corrected chi connectivity index (χ1v) is 7.43. The summed E-state index contributed by atoms with van der Waals surface area (Å²) < 4.78 is 0. The lowest BCUT2D eigenvalue weighted by molar-refractivity contribution is 0.0115. The van der Waals surface area contributed by atoms with Gasteiger partial charge in [-0.25, -0.2) is 0 Å². The molecule has 1 saturated carbocycles.